The Kier molecular flexibility index (Phi) is 3.87. The molecule has 1 saturated heterocycles. The van der Waals surface area contributed by atoms with Crippen LogP contribution in [0.5, 0.6) is 0 Å². The third-order valence-corrected chi connectivity index (χ3v) is 4.14. The van der Waals surface area contributed by atoms with Crippen molar-refractivity contribution in [1.29, 1.82) is 0 Å². The number of carbonyl (C=O) groups excluding carboxylic acids is 1. The SMILES string of the molecule is O=C(NC1CCC1)C1CN(c2ccc(F)cc2)CCN1. The van der Waals surface area contributed by atoms with E-state index in [0.717, 1.165) is 31.6 Å². The van der Waals surface area contributed by atoms with Crippen LogP contribution in [0.2, 0.25) is 0 Å². The number of rotatable bonds is 3. The van der Waals surface area contributed by atoms with Crippen LogP contribution in [0.3, 0.4) is 0 Å². The molecule has 1 aliphatic heterocycles. The Morgan fingerprint density at radius 2 is 2.05 bits per heavy atom. The molecule has 2 aliphatic rings. The molecule has 0 spiro atoms. The molecule has 1 heterocycles. The molecule has 1 aromatic carbocycles. The van der Waals surface area contributed by atoms with E-state index in [4.69, 9.17) is 0 Å². The molecule has 1 saturated carbocycles. The molecule has 5 heteroatoms. The largest absolute Gasteiger partial charge is 0.368 e. The van der Waals surface area contributed by atoms with Gasteiger partial charge in [-0.3, -0.25) is 4.79 Å². The van der Waals surface area contributed by atoms with Gasteiger partial charge in [0.05, 0.1) is 0 Å². The molecule has 3 rings (SSSR count). The Balaban J connectivity index is 1.60. The molecule has 0 bridgehead atoms. The van der Waals surface area contributed by atoms with E-state index in [-0.39, 0.29) is 17.8 Å². The molecule has 2 fully saturated rings. The van der Waals surface area contributed by atoms with Gasteiger partial charge in [0, 0.05) is 31.4 Å². The molecule has 4 nitrogen and oxygen atoms in total. The maximum Gasteiger partial charge on any atom is 0.239 e. The van der Waals surface area contributed by atoms with Crippen LogP contribution in [0.1, 0.15) is 19.3 Å². The van der Waals surface area contributed by atoms with Crippen molar-refractivity contribution in [2.24, 2.45) is 0 Å². The number of carbonyl (C=O) groups is 1. The van der Waals surface area contributed by atoms with Gasteiger partial charge in [-0.05, 0) is 43.5 Å². The van der Waals surface area contributed by atoms with E-state index in [2.05, 4.69) is 15.5 Å². The average Bonchev–Trinajstić information content (AvgIpc) is 2.43. The highest BCUT2D eigenvalue weighted by Gasteiger charge is 2.28. The van der Waals surface area contributed by atoms with Crippen LogP contribution < -0.4 is 15.5 Å². The van der Waals surface area contributed by atoms with E-state index in [9.17, 15) is 9.18 Å². The Morgan fingerprint density at radius 1 is 1.30 bits per heavy atom. The highest BCUT2D eigenvalue weighted by Crippen LogP contribution is 2.19. The summed E-state index contributed by atoms with van der Waals surface area (Å²) in [5, 5.41) is 6.33. The van der Waals surface area contributed by atoms with Gasteiger partial charge in [0.25, 0.3) is 0 Å². The predicted octanol–water partition coefficient (Wildman–Crippen LogP) is 1.27. The fourth-order valence-electron chi connectivity index (χ4n) is 2.67. The highest BCUT2D eigenvalue weighted by atomic mass is 19.1. The van der Waals surface area contributed by atoms with Crippen LogP contribution >= 0.6 is 0 Å². The van der Waals surface area contributed by atoms with Crippen molar-refractivity contribution in [3.63, 3.8) is 0 Å². The number of hydrogen-bond acceptors (Lipinski definition) is 3. The predicted molar refractivity (Wildman–Crippen MR) is 76.2 cm³/mol. The summed E-state index contributed by atoms with van der Waals surface area (Å²) in [5.74, 6) is -0.148. The Morgan fingerprint density at radius 3 is 2.70 bits per heavy atom. The number of nitrogens with one attached hydrogen (secondary N) is 2. The fourth-order valence-corrected chi connectivity index (χ4v) is 2.67. The summed E-state index contributed by atoms with van der Waals surface area (Å²) >= 11 is 0. The number of halogens is 1. The van der Waals surface area contributed by atoms with Crippen molar-refractivity contribution >= 4 is 11.6 Å². The molecule has 108 valence electrons. The molecular formula is C15H20FN3O. The first kappa shape index (κ1) is 13.4. The molecular weight excluding hydrogens is 257 g/mol. The summed E-state index contributed by atoms with van der Waals surface area (Å²) in [5.41, 5.74) is 0.967. The number of hydrogen-bond donors (Lipinski definition) is 2. The summed E-state index contributed by atoms with van der Waals surface area (Å²) in [7, 11) is 0. The molecule has 1 amide bonds. The Bertz CT molecular complexity index is 473. The van der Waals surface area contributed by atoms with E-state index < -0.39 is 0 Å². The van der Waals surface area contributed by atoms with Crippen LogP contribution in [-0.4, -0.2) is 37.6 Å². The van der Waals surface area contributed by atoms with Crippen molar-refractivity contribution in [3.8, 4) is 0 Å². The van der Waals surface area contributed by atoms with Crippen molar-refractivity contribution in [3.05, 3.63) is 30.1 Å². The van der Waals surface area contributed by atoms with Crippen LogP contribution in [0.4, 0.5) is 10.1 Å². The monoisotopic (exact) mass is 277 g/mol. The van der Waals surface area contributed by atoms with Crippen LogP contribution in [0.25, 0.3) is 0 Å². The first-order valence-electron chi connectivity index (χ1n) is 7.26. The van der Waals surface area contributed by atoms with Gasteiger partial charge in [0.2, 0.25) is 5.91 Å². The van der Waals surface area contributed by atoms with Crippen molar-refractivity contribution in [1.82, 2.24) is 10.6 Å². The maximum atomic E-state index is 13.0. The molecule has 1 atom stereocenters. The second kappa shape index (κ2) is 5.79. The van der Waals surface area contributed by atoms with Gasteiger partial charge in [0.15, 0.2) is 0 Å². The lowest BCUT2D eigenvalue weighted by atomic mass is 9.93. The number of piperazine rings is 1. The topological polar surface area (TPSA) is 44.4 Å². The van der Waals surface area contributed by atoms with Gasteiger partial charge in [-0.15, -0.1) is 0 Å². The van der Waals surface area contributed by atoms with Crippen LogP contribution in [0, 0.1) is 5.82 Å². The van der Waals surface area contributed by atoms with Crippen molar-refractivity contribution < 1.29 is 9.18 Å². The minimum absolute atomic E-state index is 0.0847. The number of anilines is 1. The first-order chi connectivity index (χ1) is 9.72. The van der Waals surface area contributed by atoms with Gasteiger partial charge >= 0.3 is 0 Å². The average molecular weight is 277 g/mol. The third-order valence-electron chi connectivity index (χ3n) is 4.14. The summed E-state index contributed by atoms with van der Waals surface area (Å²) in [6, 6.07) is 6.63. The van der Waals surface area contributed by atoms with Crippen LogP contribution in [0.15, 0.2) is 24.3 Å². The van der Waals surface area contributed by atoms with Gasteiger partial charge in [-0.1, -0.05) is 0 Å². The number of amides is 1. The standard InChI is InChI=1S/C15H20FN3O/c16-11-4-6-13(7-5-11)19-9-8-17-14(10-19)15(20)18-12-2-1-3-12/h4-7,12,14,17H,1-3,8-10H2,(H,18,20). The summed E-state index contributed by atoms with van der Waals surface area (Å²) in [6.07, 6.45) is 3.41. The van der Waals surface area contributed by atoms with Crippen molar-refractivity contribution in [2.45, 2.75) is 31.3 Å². The third kappa shape index (κ3) is 2.93. The molecule has 0 aromatic heterocycles. The summed E-state index contributed by atoms with van der Waals surface area (Å²) in [4.78, 5) is 14.3. The highest BCUT2D eigenvalue weighted by molar-refractivity contribution is 5.83. The second-order valence-electron chi connectivity index (χ2n) is 5.57. The lowest BCUT2D eigenvalue weighted by Gasteiger charge is -2.36. The molecule has 1 aromatic rings. The summed E-state index contributed by atoms with van der Waals surface area (Å²) in [6.45, 7) is 2.23. The quantitative estimate of drug-likeness (QED) is 0.874. The van der Waals surface area contributed by atoms with E-state index in [1.165, 1.54) is 18.6 Å². The Hall–Kier alpha value is -1.62. The smallest absolute Gasteiger partial charge is 0.239 e. The number of nitrogens with zero attached hydrogens (tertiary/aromatic N) is 1. The molecule has 20 heavy (non-hydrogen) atoms. The minimum Gasteiger partial charge on any atom is -0.368 e. The van der Waals surface area contributed by atoms with E-state index in [0.29, 0.717) is 12.6 Å². The van der Waals surface area contributed by atoms with E-state index in [1.54, 1.807) is 12.1 Å². The lowest BCUT2D eigenvalue weighted by molar-refractivity contribution is -0.124. The second-order valence-corrected chi connectivity index (χ2v) is 5.57. The minimum atomic E-state index is -0.233. The van der Waals surface area contributed by atoms with Gasteiger partial charge in [0.1, 0.15) is 11.9 Å². The zero-order chi connectivity index (χ0) is 13.9. The zero-order valence-corrected chi connectivity index (χ0v) is 11.4. The molecule has 2 N–H and O–H groups in total. The van der Waals surface area contributed by atoms with Crippen molar-refractivity contribution in [2.75, 3.05) is 24.5 Å². The van der Waals surface area contributed by atoms with Gasteiger partial charge < -0.3 is 15.5 Å². The first-order valence-corrected chi connectivity index (χ1v) is 7.26. The number of benzene rings is 1. The fraction of sp³-hybridized carbons (Fsp3) is 0.533. The molecule has 0 radical (unpaired) electrons. The summed E-state index contributed by atoms with van der Waals surface area (Å²) < 4.78 is 13.0. The molecule has 1 aliphatic carbocycles. The lowest BCUT2D eigenvalue weighted by Crippen LogP contribution is -2.59. The van der Waals surface area contributed by atoms with Crippen LogP contribution in [-0.2, 0) is 4.79 Å². The maximum absolute atomic E-state index is 13.0. The van der Waals surface area contributed by atoms with Gasteiger partial charge in [-0.25, -0.2) is 4.39 Å². The van der Waals surface area contributed by atoms with Gasteiger partial charge in [-0.2, -0.15) is 0 Å². The normalized spacial score (nSPS) is 23.2. The molecule has 1 unspecified atom stereocenters. The zero-order valence-electron chi connectivity index (χ0n) is 11.4. The Labute approximate surface area is 118 Å². The van der Waals surface area contributed by atoms with E-state index in [1.807, 2.05) is 0 Å². The van der Waals surface area contributed by atoms with E-state index >= 15 is 0 Å².